The standard InChI is InChI=1S/C33H43N3O6/c1-31(2,3)42-30(39)36-26(12-9-19-34)29(38)35-22-15-13-21(14-16-22)20-33(40-6)25-11-8-7-10-23(25)27-24(28(33)37)17-18-32(4,5)41-27/h7-8,10-11,13-16,26H,9,12,17-20,34H2,1-6H3,(H,35,38)(H,36,39)/t26-,33?/m0/s1. The Labute approximate surface area is 248 Å². The minimum absolute atomic E-state index is 0.0810. The normalized spacial score (nSPS) is 20.1. The molecule has 1 aliphatic heterocycles. The number of carbonyl (C=O) groups excluding carboxylic acids is 3. The molecule has 0 radical (unpaired) electrons. The number of hydrogen-bond donors (Lipinski definition) is 3. The summed E-state index contributed by atoms with van der Waals surface area (Å²) in [5, 5.41) is 5.52. The number of nitrogens with two attached hydrogens (primary N) is 1. The van der Waals surface area contributed by atoms with Gasteiger partial charge in [0.1, 0.15) is 23.0 Å². The second kappa shape index (κ2) is 12.3. The summed E-state index contributed by atoms with van der Waals surface area (Å²) in [6.45, 7) is 9.74. The van der Waals surface area contributed by atoms with Crippen LogP contribution in [0.4, 0.5) is 10.5 Å². The zero-order valence-corrected chi connectivity index (χ0v) is 25.5. The quantitative estimate of drug-likeness (QED) is 0.372. The van der Waals surface area contributed by atoms with Crippen LogP contribution < -0.4 is 16.4 Å². The Balaban J connectivity index is 1.53. The number of ketones is 1. The first-order valence-corrected chi connectivity index (χ1v) is 14.5. The molecule has 0 aromatic heterocycles. The van der Waals surface area contributed by atoms with E-state index in [0.717, 1.165) is 23.1 Å². The number of Topliss-reactive ketones (excluding diaryl/α,β-unsaturated/α-hetero) is 1. The summed E-state index contributed by atoms with van der Waals surface area (Å²) in [6, 6.07) is 14.3. The van der Waals surface area contributed by atoms with Crippen LogP contribution in [0.15, 0.2) is 54.1 Å². The van der Waals surface area contributed by atoms with E-state index in [0.29, 0.717) is 49.2 Å². The third-order valence-corrected chi connectivity index (χ3v) is 7.60. The molecule has 9 nitrogen and oxygen atoms in total. The van der Waals surface area contributed by atoms with Gasteiger partial charge in [0.05, 0.1) is 0 Å². The van der Waals surface area contributed by atoms with Gasteiger partial charge in [-0.15, -0.1) is 0 Å². The molecule has 1 unspecified atom stereocenters. The smallest absolute Gasteiger partial charge is 0.408 e. The van der Waals surface area contributed by atoms with Crippen LogP contribution >= 0.6 is 0 Å². The van der Waals surface area contributed by atoms with E-state index in [1.54, 1.807) is 40.0 Å². The Morgan fingerprint density at radius 2 is 1.79 bits per heavy atom. The zero-order valence-electron chi connectivity index (χ0n) is 25.5. The van der Waals surface area contributed by atoms with Gasteiger partial charge in [0.2, 0.25) is 5.91 Å². The summed E-state index contributed by atoms with van der Waals surface area (Å²) in [4.78, 5) is 39.5. The molecular formula is C33H43N3O6. The van der Waals surface area contributed by atoms with Gasteiger partial charge in [0.15, 0.2) is 11.4 Å². The highest BCUT2D eigenvalue weighted by molar-refractivity contribution is 6.11. The number of anilines is 1. The summed E-state index contributed by atoms with van der Waals surface area (Å²) >= 11 is 0. The van der Waals surface area contributed by atoms with Crippen molar-refractivity contribution in [2.24, 2.45) is 5.73 Å². The van der Waals surface area contributed by atoms with Crippen LogP contribution in [0.5, 0.6) is 0 Å². The average molecular weight is 578 g/mol. The van der Waals surface area contributed by atoms with Crippen molar-refractivity contribution in [3.8, 4) is 0 Å². The van der Waals surface area contributed by atoms with Crippen LogP contribution in [0, 0.1) is 0 Å². The molecule has 1 aliphatic carbocycles. The molecule has 42 heavy (non-hydrogen) atoms. The summed E-state index contributed by atoms with van der Waals surface area (Å²) in [5.74, 6) is 0.204. The summed E-state index contributed by atoms with van der Waals surface area (Å²) in [5.41, 5.74) is 7.16. The predicted molar refractivity (Wildman–Crippen MR) is 162 cm³/mol. The van der Waals surface area contributed by atoms with Crippen molar-refractivity contribution in [2.75, 3.05) is 19.0 Å². The topological polar surface area (TPSA) is 129 Å². The van der Waals surface area contributed by atoms with Crippen molar-refractivity contribution in [2.45, 2.75) is 89.6 Å². The number of methoxy groups -OCH3 is 1. The van der Waals surface area contributed by atoms with Gasteiger partial charge in [-0.1, -0.05) is 36.4 Å². The van der Waals surface area contributed by atoms with E-state index in [2.05, 4.69) is 10.6 Å². The van der Waals surface area contributed by atoms with Crippen LogP contribution in [-0.2, 0) is 35.8 Å². The van der Waals surface area contributed by atoms with Crippen LogP contribution in [-0.4, -0.2) is 48.7 Å². The van der Waals surface area contributed by atoms with Crippen molar-refractivity contribution in [3.63, 3.8) is 0 Å². The number of ether oxygens (including phenoxy) is 3. The van der Waals surface area contributed by atoms with Gasteiger partial charge in [-0.2, -0.15) is 0 Å². The monoisotopic (exact) mass is 577 g/mol. The molecule has 2 aromatic rings. The number of benzene rings is 2. The first-order valence-electron chi connectivity index (χ1n) is 14.5. The summed E-state index contributed by atoms with van der Waals surface area (Å²) < 4.78 is 17.7. The van der Waals surface area contributed by atoms with Gasteiger partial charge in [-0.05, 0) is 84.5 Å². The summed E-state index contributed by atoms with van der Waals surface area (Å²) in [7, 11) is 1.57. The fourth-order valence-corrected chi connectivity index (χ4v) is 5.48. The van der Waals surface area contributed by atoms with E-state index in [1.165, 1.54) is 0 Å². The number of fused-ring (bicyclic) bond motifs is 2. The highest BCUT2D eigenvalue weighted by Crippen LogP contribution is 2.48. The largest absolute Gasteiger partial charge is 0.487 e. The zero-order chi connectivity index (χ0) is 30.7. The molecular weight excluding hydrogens is 534 g/mol. The molecule has 2 atom stereocenters. The predicted octanol–water partition coefficient (Wildman–Crippen LogP) is 5.22. The Hall–Kier alpha value is -3.69. The van der Waals surface area contributed by atoms with Crippen LogP contribution in [0.2, 0.25) is 0 Å². The van der Waals surface area contributed by atoms with E-state index in [9.17, 15) is 14.4 Å². The maximum atomic E-state index is 14.1. The lowest BCUT2D eigenvalue weighted by Gasteiger charge is -2.43. The van der Waals surface area contributed by atoms with Crippen molar-refractivity contribution in [1.82, 2.24) is 5.32 Å². The molecule has 2 aliphatic rings. The maximum absolute atomic E-state index is 14.1. The fourth-order valence-electron chi connectivity index (χ4n) is 5.48. The van der Waals surface area contributed by atoms with Crippen molar-refractivity contribution in [3.05, 3.63) is 70.8 Å². The van der Waals surface area contributed by atoms with E-state index in [1.807, 2.05) is 50.2 Å². The van der Waals surface area contributed by atoms with Gasteiger partial charge in [0, 0.05) is 35.9 Å². The van der Waals surface area contributed by atoms with Gasteiger partial charge >= 0.3 is 6.09 Å². The molecule has 9 heteroatoms. The van der Waals surface area contributed by atoms with Gasteiger partial charge in [0.25, 0.3) is 0 Å². The fraction of sp³-hybridized carbons (Fsp3) is 0.485. The molecule has 0 fully saturated rings. The molecule has 4 N–H and O–H groups in total. The average Bonchev–Trinajstić information content (AvgIpc) is 2.92. The van der Waals surface area contributed by atoms with Gasteiger partial charge in [-0.25, -0.2) is 4.79 Å². The lowest BCUT2D eigenvalue weighted by atomic mass is 9.71. The number of nitrogens with one attached hydrogen (secondary N) is 2. The molecule has 4 rings (SSSR count). The van der Waals surface area contributed by atoms with Gasteiger partial charge in [-0.3, -0.25) is 9.59 Å². The first-order chi connectivity index (χ1) is 19.8. The highest BCUT2D eigenvalue weighted by atomic mass is 16.6. The Morgan fingerprint density at radius 1 is 1.10 bits per heavy atom. The Kier molecular flexibility index (Phi) is 9.13. The third kappa shape index (κ3) is 6.85. The van der Waals surface area contributed by atoms with Crippen LogP contribution in [0.25, 0.3) is 5.76 Å². The second-order valence-electron chi connectivity index (χ2n) is 12.6. The second-order valence-corrected chi connectivity index (χ2v) is 12.6. The minimum atomic E-state index is -1.20. The molecule has 2 aromatic carbocycles. The number of amides is 2. The van der Waals surface area contributed by atoms with E-state index < -0.39 is 23.3 Å². The van der Waals surface area contributed by atoms with Crippen LogP contribution in [0.1, 0.15) is 77.0 Å². The Bertz CT molecular complexity index is 1360. The van der Waals surface area contributed by atoms with E-state index in [4.69, 9.17) is 19.9 Å². The number of carbonyl (C=O) groups is 3. The molecule has 0 saturated carbocycles. The van der Waals surface area contributed by atoms with E-state index >= 15 is 0 Å². The first kappa shape index (κ1) is 31.3. The van der Waals surface area contributed by atoms with Gasteiger partial charge < -0.3 is 30.6 Å². The lowest BCUT2D eigenvalue weighted by Crippen LogP contribution is -2.46. The molecule has 0 bridgehead atoms. The number of rotatable bonds is 9. The SMILES string of the molecule is COC1(Cc2ccc(NC(=O)[C@H](CCCN)NC(=O)OC(C)(C)C)cc2)C(=O)C2=C(OC(C)(C)CC2)c2ccccc21. The maximum Gasteiger partial charge on any atom is 0.408 e. The van der Waals surface area contributed by atoms with E-state index in [-0.39, 0.29) is 17.3 Å². The van der Waals surface area contributed by atoms with Crippen molar-refractivity contribution in [1.29, 1.82) is 0 Å². The summed E-state index contributed by atoms with van der Waals surface area (Å²) in [6.07, 6.45) is 1.94. The molecule has 0 saturated heterocycles. The molecule has 226 valence electrons. The number of alkyl carbamates (subject to hydrolysis) is 1. The third-order valence-electron chi connectivity index (χ3n) is 7.60. The molecule has 0 spiro atoms. The Morgan fingerprint density at radius 3 is 2.43 bits per heavy atom. The minimum Gasteiger partial charge on any atom is -0.487 e. The van der Waals surface area contributed by atoms with Crippen molar-refractivity contribution < 1.29 is 28.6 Å². The number of hydrogen-bond acceptors (Lipinski definition) is 7. The lowest BCUT2D eigenvalue weighted by molar-refractivity contribution is -0.139. The van der Waals surface area contributed by atoms with Crippen LogP contribution in [0.3, 0.4) is 0 Å². The molecule has 1 heterocycles. The highest BCUT2D eigenvalue weighted by Gasteiger charge is 2.50. The molecule has 2 amide bonds. The van der Waals surface area contributed by atoms with Crippen molar-refractivity contribution >= 4 is 29.2 Å².